The zero-order valence-corrected chi connectivity index (χ0v) is 84.5. The van der Waals surface area contributed by atoms with Crippen molar-refractivity contribution in [2.24, 2.45) is 0 Å². The number of halogens is 4. The van der Waals surface area contributed by atoms with Crippen LogP contribution in [0.25, 0.3) is 44.5 Å². The van der Waals surface area contributed by atoms with Crippen molar-refractivity contribution in [1.82, 2.24) is 58.8 Å². The summed E-state index contributed by atoms with van der Waals surface area (Å²) in [5, 5.41) is 0. The number of ether oxygens (including phenoxy) is 6. The average Bonchev–Trinajstić information content (AvgIpc) is 1.60. The lowest BCUT2D eigenvalue weighted by atomic mass is 10.0. The molecular formula is C120H132F4N12O10. The Kier molecular flexibility index (Phi) is 32.9. The SMILES string of the molecule is CCN(CC)CCOc1ccc(F)cc1C(=O)N1CCN(C2c3ccccc3-c3ccccc32)CC1.CN(C)CCOc1ccc(F)cc1C(=O)N1CCN(C2c3ccccc3-c3ccccc32)CC1.C[C@@H]1CN(CCOc2ccc(F)cc2C(=O)N2CCN(C3c4ccccc4-c4ccccc43)CC2)C[C@H](C)O1.O=C(c1cc(F)ccc1OCCN1CCOCC1)N1CCN(C2c3ccccc3-c3ccccc32)CC1. The summed E-state index contributed by atoms with van der Waals surface area (Å²) in [6.45, 7) is 30.6. The van der Waals surface area contributed by atoms with Crippen LogP contribution in [0.4, 0.5) is 17.6 Å². The van der Waals surface area contributed by atoms with Gasteiger partial charge in [-0.15, -0.1) is 0 Å². The highest BCUT2D eigenvalue weighted by Gasteiger charge is 2.42. The molecule has 760 valence electrons. The third-order valence-electron chi connectivity index (χ3n) is 30.0. The molecule has 6 saturated heterocycles. The fourth-order valence-corrected chi connectivity index (χ4v) is 22.7. The minimum Gasteiger partial charge on any atom is -0.491 e. The third-order valence-corrected chi connectivity index (χ3v) is 30.0. The van der Waals surface area contributed by atoms with E-state index in [2.05, 4.69) is 256 Å². The summed E-state index contributed by atoms with van der Waals surface area (Å²) in [5.41, 5.74) is 22.1. The van der Waals surface area contributed by atoms with E-state index in [1.807, 2.05) is 38.6 Å². The summed E-state index contributed by atoms with van der Waals surface area (Å²) < 4.78 is 91.6. The summed E-state index contributed by atoms with van der Waals surface area (Å²) in [6.07, 6.45) is 0.364. The number of likely N-dealkylation sites (N-methyl/N-ethyl adjacent to an activating group) is 2. The van der Waals surface area contributed by atoms with Gasteiger partial charge in [-0.2, -0.15) is 0 Å². The number of morpholine rings is 2. The van der Waals surface area contributed by atoms with E-state index in [1.54, 1.807) is 24.3 Å². The predicted octanol–water partition coefficient (Wildman–Crippen LogP) is 18.3. The second kappa shape index (κ2) is 47.3. The molecule has 4 amide bonds. The highest BCUT2D eigenvalue weighted by molar-refractivity contribution is 5.99. The van der Waals surface area contributed by atoms with Crippen LogP contribution in [0, 0.1) is 23.3 Å². The second-order valence-electron chi connectivity index (χ2n) is 39.4. The van der Waals surface area contributed by atoms with Crippen LogP contribution in [0.2, 0.25) is 0 Å². The quantitative estimate of drug-likeness (QED) is 0.0470. The Morgan fingerprint density at radius 2 is 0.534 bits per heavy atom. The maximum Gasteiger partial charge on any atom is 0.257 e. The summed E-state index contributed by atoms with van der Waals surface area (Å²) in [6, 6.07) is 86.5. The molecule has 0 radical (unpaired) electrons. The summed E-state index contributed by atoms with van der Waals surface area (Å²) in [4.78, 5) is 79.8. The van der Waals surface area contributed by atoms with Crippen molar-refractivity contribution in [3.05, 3.63) is 357 Å². The minimum absolute atomic E-state index is 0.167. The van der Waals surface area contributed by atoms with Crippen molar-refractivity contribution in [2.45, 2.75) is 64.1 Å². The molecule has 0 unspecified atom stereocenters. The number of amides is 4. The minimum atomic E-state index is -0.431. The summed E-state index contributed by atoms with van der Waals surface area (Å²) >= 11 is 0. The Hall–Kier alpha value is -13.0. The van der Waals surface area contributed by atoms with E-state index in [-0.39, 0.29) is 60.0 Å². The van der Waals surface area contributed by atoms with Gasteiger partial charge in [0.2, 0.25) is 0 Å². The van der Waals surface area contributed by atoms with Gasteiger partial charge in [0.1, 0.15) is 72.7 Å². The fourth-order valence-electron chi connectivity index (χ4n) is 22.7. The summed E-state index contributed by atoms with van der Waals surface area (Å²) in [7, 11) is 3.92. The van der Waals surface area contributed by atoms with E-state index < -0.39 is 23.3 Å². The Morgan fingerprint density at radius 3 is 0.781 bits per heavy atom. The number of fused-ring (bicyclic) bond motifs is 12. The number of hydrogen-bond donors (Lipinski definition) is 0. The van der Waals surface area contributed by atoms with Gasteiger partial charge < -0.3 is 57.8 Å². The van der Waals surface area contributed by atoms with Crippen molar-refractivity contribution in [2.75, 3.05) is 224 Å². The molecule has 22 nitrogen and oxygen atoms in total. The molecule has 12 aromatic rings. The number of piperazine rings is 4. The molecule has 22 rings (SSSR count). The van der Waals surface area contributed by atoms with E-state index in [4.69, 9.17) is 28.4 Å². The Labute approximate surface area is 855 Å². The van der Waals surface area contributed by atoms with Crippen LogP contribution in [0.15, 0.2) is 267 Å². The van der Waals surface area contributed by atoms with Crippen molar-refractivity contribution < 1.29 is 65.2 Å². The first kappa shape index (κ1) is 102. The molecule has 26 heteroatoms. The number of benzene rings is 12. The maximum absolute atomic E-state index is 14.3. The molecule has 0 bridgehead atoms. The first-order valence-corrected chi connectivity index (χ1v) is 51.9. The largest absolute Gasteiger partial charge is 0.491 e. The van der Waals surface area contributed by atoms with Crippen LogP contribution in [0.1, 0.15) is 138 Å². The molecule has 12 aromatic carbocycles. The maximum atomic E-state index is 14.3. The van der Waals surface area contributed by atoms with Gasteiger partial charge in [0.15, 0.2) is 0 Å². The van der Waals surface area contributed by atoms with Gasteiger partial charge in [0.05, 0.1) is 71.8 Å². The van der Waals surface area contributed by atoms with Gasteiger partial charge in [0.25, 0.3) is 23.6 Å². The van der Waals surface area contributed by atoms with E-state index in [1.165, 1.54) is 138 Å². The van der Waals surface area contributed by atoms with Crippen LogP contribution >= 0.6 is 0 Å². The predicted molar refractivity (Wildman–Crippen MR) is 562 cm³/mol. The van der Waals surface area contributed by atoms with Crippen LogP contribution in [-0.2, 0) is 9.47 Å². The number of carbonyl (C=O) groups is 4. The van der Waals surface area contributed by atoms with Crippen molar-refractivity contribution in [1.29, 1.82) is 0 Å². The van der Waals surface area contributed by atoms with Crippen LogP contribution < -0.4 is 18.9 Å². The molecule has 2 atom stereocenters. The van der Waals surface area contributed by atoms with E-state index in [0.717, 1.165) is 124 Å². The second-order valence-corrected chi connectivity index (χ2v) is 39.4. The van der Waals surface area contributed by atoms with Crippen LogP contribution in [0.3, 0.4) is 0 Å². The lowest BCUT2D eigenvalue weighted by molar-refractivity contribution is -0.0699. The number of rotatable bonds is 26. The molecule has 6 fully saturated rings. The van der Waals surface area contributed by atoms with Gasteiger partial charge in [-0.25, -0.2) is 17.6 Å². The normalized spacial score (nSPS) is 18.1. The molecular weight excluding hydrogens is 1850 g/mol. The average molecular weight is 1980 g/mol. The molecule has 0 spiro atoms. The highest BCUT2D eigenvalue weighted by Crippen LogP contribution is 2.51. The monoisotopic (exact) mass is 1980 g/mol. The Morgan fingerprint density at radius 1 is 0.301 bits per heavy atom. The topological polar surface area (TPSA) is 163 Å². The molecule has 0 aromatic heterocycles. The molecule has 0 saturated carbocycles. The van der Waals surface area contributed by atoms with E-state index in [9.17, 15) is 36.7 Å². The zero-order valence-electron chi connectivity index (χ0n) is 84.5. The number of nitrogens with zero attached hydrogens (tertiary/aromatic N) is 12. The molecule has 0 N–H and O–H groups in total. The smallest absolute Gasteiger partial charge is 0.257 e. The Balaban J connectivity index is 0.000000123. The van der Waals surface area contributed by atoms with Gasteiger partial charge in [-0.1, -0.05) is 208 Å². The fraction of sp³-hybridized carbons (Fsp3) is 0.367. The van der Waals surface area contributed by atoms with Crippen molar-refractivity contribution >= 4 is 23.6 Å². The number of carbonyl (C=O) groups excluding carboxylic acids is 4. The van der Waals surface area contributed by atoms with Crippen molar-refractivity contribution in [3.63, 3.8) is 0 Å². The van der Waals surface area contributed by atoms with Gasteiger partial charge >= 0.3 is 0 Å². The number of hydrogen-bond acceptors (Lipinski definition) is 18. The van der Waals surface area contributed by atoms with Crippen LogP contribution in [0.5, 0.6) is 23.0 Å². The van der Waals surface area contributed by atoms with Gasteiger partial charge in [-0.05, 0) is 203 Å². The van der Waals surface area contributed by atoms with Crippen LogP contribution in [-0.4, -0.2) is 319 Å². The molecule has 6 heterocycles. The molecule has 146 heavy (non-hydrogen) atoms. The zero-order chi connectivity index (χ0) is 101. The Bertz CT molecular complexity index is 6380. The molecule has 6 aliphatic heterocycles. The molecule has 4 aliphatic carbocycles. The lowest BCUT2D eigenvalue weighted by Crippen LogP contribution is -2.49. The first-order chi connectivity index (χ1) is 71.3. The summed E-state index contributed by atoms with van der Waals surface area (Å²) in [5.74, 6) is -0.626. The third kappa shape index (κ3) is 22.9. The lowest BCUT2D eigenvalue weighted by Gasteiger charge is -2.39. The highest BCUT2D eigenvalue weighted by atomic mass is 19.1. The standard InChI is InChI=1S/C32H36FN3O3.C30H32FN3O3.C30H34FN3O2.C28H30FN3O2/c1-22-20-34(21-23(2)39-22)17-18-38-30-12-11-24(33)19-29(30)32(37)36-15-13-35(14-16-36)31-27-9-5-3-7-25(27)26-8-4-6-10-28(26)31;31-22-9-10-28(37-20-17-32-15-18-36-19-16-32)27(21-22)30(35)34-13-11-33(12-14-34)29-25-7-3-1-5-23(25)24-6-2-4-8-26(24)29;1-3-32(4-2)19-20-36-28-14-13-22(31)21-27(28)30(35)34-17-15-33(16-18-34)29-25-11-7-5-9-23(25)24-10-6-8-12-26(24)29;1-30(2)17-18-34-26-12-11-20(29)19-25(26)28(33)32-15-13-31(14-16-32)27-23-9-5-3-7-21(23)22-8-4-6-10-24(22)27/h3-12,19,22-23,31H,13-18,20-21H2,1-2H3;1-10,21,29H,11-20H2;5-14,21,29H,3-4,15-20H2,1-2H3;3-12,19,27H,13-18H2,1-2H3/t22-,23+;;;. The first-order valence-electron chi connectivity index (χ1n) is 51.9. The van der Waals surface area contributed by atoms with Crippen molar-refractivity contribution in [3.8, 4) is 67.5 Å². The van der Waals surface area contributed by atoms with Gasteiger partial charge in [0, 0.05) is 157 Å². The van der Waals surface area contributed by atoms with E-state index in [0.29, 0.717) is 131 Å². The molecule has 10 aliphatic rings. The van der Waals surface area contributed by atoms with E-state index >= 15 is 0 Å². The van der Waals surface area contributed by atoms with Gasteiger partial charge in [-0.3, -0.25) is 48.6 Å².